The molecule has 0 radical (unpaired) electrons. The zero-order chi connectivity index (χ0) is 15.5. The smallest absolute Gasteiger partial charge is 0.191 e. The van der Waals surface area contributed by atoms with Gasteiger partial charge in [-0.25, -0.2) is 14.4 Å². The van der Waals surface area contributed by atoms with Crippen LogP contribution in [0.5, 0.6) is 0 Å². The standard InChI is InChI=1S/C15H15FN4OS/c1-22-15-19-13(17-9-6-7-9)10(8-21)14(20-15)18-12-5-3-2-4-11(12)16/h2-5,8-9H,6-7H2,1H3,(H2,17,18,19,20). The lowest BCUT2D eigenvalue weighted by atomic mass is 10.2. The molecule has 0 amide bonds. The van der Waals surface area contributed by atoms with E-state index in [9.17, 15) is 9.18 Å². The number of nitrogens with zero attached hydrogens (tertiary/aromatic N) is 2. The number of halogens is 1. The molecule has 2 aromatic rings. The predicted molar refractivity (Wildman–Crippen MR) is 85.5 cm³/mol. The lowest BCUT2D eigenvalue weighted by molar-refractivity contribution is 0.112. The van der Waals surface area contributed by atoms with E-state index < -0.39 is 5.82 Å². The minimum absolute atomic E-state index is 0.272. The van der Waals surface area contributed by atoms with E-state index in [1.807, 2.05) is 6.26 Å². The van der Waals surface area contributed by atoms with Gasteiger partial charge in [0.2, 0.25) is 0 Å². The van der Waals surface area contributed by atoms with Crippen LogP contribution in [0.15, 0.2) is 29.4 Å². The molecule has 7 heteroatoms. The highest BCUT2D eigenvalue weighted by Gasteiger charge is 2.24. The van der Waals surface area contributed by atoms with Gasteiger partial charge in [-0.15, -0.1) is 0 Å². The van der Waals surface area contributed by atoms with Crippen molar-refractivity contribution in [3.05, 3.63) is 35.6 Å². The average molecular weight is 318 g/mol. The Morgan fingerprint density at radius 2 is 2.00 bits per heavy atom. The van der Waals surface area contributed by atoms with Crippen LogP contribution in [0.2, 0.25) is 0 Å². The van der Waals surface area contributed by atoms with Crippen LogP contribution in [0.1, 0.15) is 23.2 Å². The summed E-state index contributed by atoms with van der Waals surface area (Å²) in [6.45, 7) is 0. The first kappa shape index (κ1) is 14.8. The number of benzene rings is 1. The quantitative estimate of drug-likeness (QED) is 0.483. The fraction of sp³-hybridized carbons (Fsp3) is 0.267. The number of carbonyl (C=O) groups is 1. The van der Waals surface area contributed by atoms with Gasteiger partial charge in [-0.05, 0) is 31.2 Å². The van der Waals surface area contributed by atoms with E-state index in [1.54, 1.807) is 18.2 Å². The van der Waals surface area contributed by atoms with Crippen LogP contribution in [-0.2, 0) is 0 Å². The lowest BCUT2D eigenvalue weighted by Crippen LogP contribution is -2.11. The first-order valence-corrected chi connectivity index (χ1v) is 8.13. The third kappa shape index (κ3) is 3.19. The minimum atomic E-state index is -0.402. The van der Waals surface area contributed by atoms with Gasteiger partial charge in [0.1, 0.15) is 17.5 Å². The first-order valence-electron chi connectivity index (χ1n) is 6.90. The van der Waals surface area contributed by atoms with Crippen LogP contribution in [0.25, 0.3) is 0 Å². The Labute approximate surface area is 131 Å². The number of rotatable bonds is 6. The zero-order valence-electron chi connectivity index (χ0n) is 12.0. The molecule has 1 aliphatic rings. The molecule has 0 unspecified atom stereocenters. The summed E-state index contributed by atoms with van der Waals surface area (Å²) in [4.78, 5) is 20.1. The summed E-state index contributed by atoms with van der Waals surface area (Å²) in [7, 11) is 0. The summed E-state index contributed by atoms with van der Waals surface area (Å²) in [6.07, 6.45) is 4.67. The van der Waals surface area contributed by atoms with Crippen molar-refractivity contribution in [2.45, 2.75) is 24.0 Å². The number of aldehydes is 1. The Hall–Kier alpha value is -2.15. The fourth-order valence-corrected chi connectivity index (χ4v) is 2.33. The number of aromatic nitrogens is 2. The van der Waals surface area contributed by atoms with Gasteiger partial charge in [-0.2, -0.15) is 0 Å². The summed E-state index contributed by atoms with van der Waals surface area (Å²) in [5, 5.41) is 6.63. The molecular weight excluding hydrogens is 303 g/mol. The molecule has 0 atom stereocenters. The molecule has 0 bridgehead atoms. The Morgan fingerprint density at radius 1 is 1.27 bits per heavy atom. The molecule has 1 aromatic carbocycles. The van der Waals surface area contributed by atoms with Crippen LogP contribution in [0, 0.1) is 5.82 Å². The zero-order valence-corrected chi connectivity index (χ0v) is 12.8. The number of hydrogen-bond acceptors (Lipinski definition) is 6. The van der Waals surface area contributed by atoms with Crippen molar-refractivity contribution in [2.24, 2.45) is 0 Å². The maximum atomic E-state index is 13.8. The number of hydrogen-bond donors (Lipinski definition) is 2. The van der Waals surface area contributed by atoms with Crippen LogP contribution in [0.3, 0.4) is 0 Å². The number of carbonyl (C=O) groups excluding carboxylic acids is 1. The van der Waals surface area contributed by atoms with Crippen molar-refractivity contribution in [1.82, 2.24) is 9.97 Å². The molecule has 1 heterocycles. The van der Waals surface area contributed by atoms with Gasteiger partial charge in [-0.1, -0.05) is 23.9 Å². The van der Waals surface area contributed by atoms with Gasteiger partial charge in [0.15, 0.2) is 11.4 Å². The van der Waals surface area contributed by atoms with Gasteiger partial charge in [-0.3, -0.25) is 4.79 Å². The third-order valence-electron chi connectivity index (χ3n) is 3.27. The maximum Gasteiger partial charge on any atom is 0.191 e. The van der Waals surface area contributed by atoms with E-state index in [2.05, 4.69) is 20.6 Å². The van der Waals surface area contributed by atoms with Crippen molar-refractivity contribution in [3.63, 3.8) is 0 Å². The Bertz CT molecular complexity index is 706. The van der Waals surface area contributed by atoms with Crippen molar-refractivity contribution in [1.29, 1.82) is 0 Å². The van der Waals surface area contributed by atoms with Crippen molar-refractivity contribution in [3.8, 4) is 0 Å². The molecule has 22 heavy (non-hydrogen) atoms. The molecule has 1 aromatic heterocycles. The van der Waals surface area contributed by atoms with Crippen LogP contribution >= 0.6 is 11.8 Å². The molecule has 5 nitrogen and oxygen atoms in total. The Morgan fingerprint density at radius 3 is 2.64 bits per heavy atom. The second-order valence-corrected chi connectivity index (χ2v) is 5.74. The molecule has 3 rings (SSSR count). The Kier molecular flexibility index (Phi) is 4.24. The lowest BCUT2D eigenvalue weighted by Gasteiger charge is -2.14. The number of thioether (sulfide) groups is 1. The topological polar surface area (TPSA) is 66.9 Å². The molecule has 114 valence electrons. The van der Waals surface area contributed by atoms with E-state index in [-0.39, 0.29) is 5.69 Å². The minimum Gasteiger partial charge on any atom is -0.367 e. The maximum absolute atomic E-state index is 13.8. The average Bonchev–Trinajstić information content (AvgIpc) is 3.33. The van der Waals surface area contributed by atoms with Gasteiger partial charge < -0.3 is 10.6 Å². The van der Waals surface area contributed by atoms with E-state index in [0.717, 1.165) is 12.8 Å². The Balaban J connectivity index is 2.00. The van der Waals surface area contributed by atoms with Crippen molar-refractivity contribution < 1.29 is 9.18 Å². The molecule has 0 saturated heterocycles. The molecule has 0 aliphatic heterocycles. The molecule has 1 aliphatic carbocycles. The predicted octanol–water partition coefficient (Wildman–Crippen LogP) is 3.47. The van der Waals surface area contributed by atoms with Crippen LogP contribution in [-0.4, -0.2) is 28.6 Å². The summed E-state index contributed by atoms with van der Waals surface area (Å²) in [5.41, 5.74) is 0.585. The van der Waals surface area contributed by atoms with Crippen LogP contribution < -0.4 is 10.6 Å². The molecular formula is C15H15FN4OS. The highest BCUT2D eigenvalue weighted by molar-refractivity contribution is 7.98. The second-order valence-electron chi connectivity index (χ2n) is 4.96. The van der Waals surface area contributed by atoms with E-state index >= 15 is 0 Å². The number of nitrogens with one attached hydrogen (secondary N) is 2. The van der Waals surface area contributed by atoms with E-state index in [4.69, 9.17) is 0 Å². The monoisotopic (exact) mass is 318 g/mol. The normalized spacial score (nSPS) is 13.7. The third-order valence-corrected chi connectivity index (χ3v) is 3.82. The largest absolute Gasteiger partial charge is 0.367 e. The summed E-state index contributed by atoms with van der Waals surface area (Å²) >= 11 is 1.37. The number of para-hydroxylation sites is 1. The van der Waals surface area contributed by atoms with E-state index in [0.29, 0.717) is 34.7 Å². The second kappa shape index (κ2) is 6.31. The molecule has 0 spiro atoms. The summed E-state index contributed by atoms with van der Waals surface area (Å²) < 4.78 is 13.8. The van der Waals surface area contributed by atoms with E-state index in [1.165, 1.54) is 17.8 Å². The number of anilines is 3. The van der Waals surface area contributed by atoms with Gasteiger partial charge >= 0.3 is 0 Å². The summed E-state index contributed by atoms with van der Waals surface area (Å²) in [5.74, 6) is 0.402. The van der Waals surface area contributed by atoms with Gasteiger partial charge in [0, 0.05) is 6.04 Å². The molecule has 1 saturated carbocycles. The first-order chi connectivity index (χ1) is 10.7. The summed E-state index contributed by atoms with van der Waals surface area (Å²) in [6, 6.07) is 6.62. The van der Waals surface area contributed by atoms with Gasteiger partial charge in [0.05, 0.1) is 11.3 Å². The highest BCUT2D eigenvalue weighted by Crippen LogP contribution is 2.30. The SMILES string of the molecule is CSc1nc(Nc2ccccc2F)c(C=O)c(NC2CC2)n1. The highest BCUT2D eigenvalue weighted by atomic mass is 32.2. The van der Waals surface area contributed by atoms with Crippen molar-refractivity contribution in [2.75, 3.05) is 16.9 Å². The van der Waals surface area contributed by atoms with Crippen molar-refractivity contribution >= 4 is 35.4 Å². The molecule has 1 fully saturated rings. The van der Waals surface area contributed by atoms with Gasteiger partial charge in [0.25, 0.3) is 0 Å². The fourth-order valence-electron chi connectivity index (χ4n) is 1.97. The molecule has 2 N–H and O–H groups in total. The van der Waals surface area contributed by atoms with Crippen LogP contribution in [0.4, 0.5) is 21.7 Å².